The van der Waals surface area contributed by atoms with Crippen molar-refractivity contribution in [3.8, 4) is 0 Å². The SMILES string of the molecule is CCN(CC)C(CC)(C(C)C/C=C\[SiH3])N(CC)CC. The molecular weight excluding hydrogens is 248 g/mol. The van der Waals surface area contributed by atoms with Crippen LogP contribution in [0.4, 0.5) is 0 Å². The topological polar surface area (TPSA) is 6.48 Å². The minimum absolute atomic E-state index is 0.216. The Balaban J connectivity index is 5.49. The molecule has 0 radical (unpaired) electrons. The molecule has 0 bridgehead atoms. The number of rotatable bonds is 10. The van der Waals surface area contributed by atoms with Crippen molar-refractivity contribution in [3.05, 3.63) is 11.8 Å². The second-order valence-corrected chi connectivity index (χ2v) is 5.95. The second kappa shape index (κ2) is 9.73. The van der Waals surface area contributed by atoms with E-state index in [4.69, 9.17) is 0 Å². The van der Waals surface area contributed by atoms with Crippen molar-refractivity contribution < 1.29 is 0 Å². The Morgan fingerprint density at radius 3 is 1.63 bits per heavy atom. The summed E-state index contributed by atoms with van der Waals surface area (Å²) in [4.78, 5) is 5.34. The van der Waals surface area contributed by atoms with Crippen LogP contribution in [0.2, 0.25) is 0 Å². The second-order valence-electron chi connectivity index (χ2n) is 5.28. The molecule has 19 heavy (non-hydrogen) atoms. The van der Waals surface area contributed by atoms with Gasteiger partial charge in [-0.1, -0.05) is 47.6 Å². The van der Waals surface area contributed by atoms with Crippen LogP contribution in [0.15, 0.2) is 11.8 Å². The van der Waals surface area contributed by atoms with E-state index in [-0.39, 0.29) is 5.66 Å². The van der Waals surface area contributed by atoms with Crippen LogP contribution < -0.4 is 0 Å². The van der Waals surface area contributed by atoms with E-state index < -0.39 is 0 Å². The lowest BCUT2D eigenvalue weighted by Gasteiger charge is -2.53. The summed E-state index contributed by atoms with van der Waals surface area (Å²) in [7, 11) is 1.17. The molecule has 0 aliphatic carbocycles. The lowest BCUT2D eigenvalue weighted by Crippen LogP contribution is -2.63. The van der Waals surface area contributed by atoms with Crippen LogP contribution in [0.25, 0.3) is 0 Å². The van der Waals surface area contributed by atoms with E-state index in [9.17, 15) is 0 Å². The fourth-order valence-corrected chi connectivity index (χ4v) is 3.96. The highest BCUT2D eigenvalue weighted by atomic mass is 28.1. The molecule has 0 N–H and O–H groups in total. The first-order valence-electron chi connectivity index (χ1n) is 8.19. The molecule has 0 fully saturated rings. The zero-order chi connectivity index (χ0) is 14.9. The van der Waals surface area contributed by atoms with Gasteiger partial charge in [-0.2, -0.15) is 0 Å². The van der Waals surface area contributed by atoms with Gasteiger partial charge < -0.3 is 0 Å². The van der Waals surface area contributed by atoms with Gasteiger partial charge in [0.15, 0.2) is 0 Å². The van der Waals surface area contributed by atoms with Gasteiger partial charge in [-0.25, -0.2) is 0 Å². The molecule has 0 spiro atoms. The summed E-state index contributed by atoms with van der Waals surface area (Å²) in [6, 6.07) is 0. The van der Waals surface area contributed by atoms with Crippen molar-refractivity contribution in [2.24, 2.45) is 5.92 Å². The molecule has 0 saturated heterocycles. The van der Waals surface area contributed by atoms with Crippen LogP contribution in [0.5, 0.6) is 0 Å². The van der Waals surface area contributed by atoms with Crippen LogP contribution in [-0.4, -0.2) is 51.9 Å². The van der Waals surface area contributed by atoms with Crippen molar-refractivity contribution in [1.29, 1.82) is 0 Å². The van der Waals surface area contributed by atoms with E-state index in [1.54, 1.807) is 0 Å². The van der Waals surface area contributed by atoms with Gasteiger partial charge >= 0.3 is 0 Å². The average Bonchev–Trinajstić information content (AvgIpc) is 2.44. The molecule has 3 heteroatoms. The van der Waals surface area contributed by atoms with Gasteiger partial charge in [-0.3, -0.25) is 9.80 Å². The third kappa shape index (κ3) is 4.17. The predicted octanol–water partition coefficient (Wildman–Crippen LogP) is 2.68. The smallest absolute Gasteiger partial charge is 0.0763 e. The van der Waals surface area contributed by atoms with Gasteiger partial charge in [-0.05, 0) is 44.9 Å². The highest BCUT2D eigenvalue weighted by molar-refractivity contribution is 6.16. The summed E-state index contributed by atoms with van der Waals surface area (Å²) in [5.74, 6) is 0.669. The molecule has 0 aromatic rings. The Morgan fingerprint density at radius 1 is 0.947 bits per heavy atom. The molecule has 0 rings (SSSR count). The highest BCUT2D eigenvalue weighted by Gasteiger charge is 2.42. The zero-order valence-electron chi connectivity index (χ0n) is 14.4. The maximum absolute atomic E-state index is 2.67. The Labute approximate surface area is 124 Å². The monoisotopic (exact) mass is 284 g/mol. The molecule has 1 unspecified atom stereocenters. The Bertz CT molecular complexity index is 233. The number of hydrogen-bond acceptors (Lipinski definition) is 2. The van der Waals surface area contributed by atoms with E-state index >= 15 is 0 Å². The first kappa shape index (κ1) is 18.9. The van der Waals surface area contributed by atoms with Gasteiger partial charge in [0.05, 0.1) is 5.66 Å². The van der Waals surface area contributed by atoms with Gasteiger partial charge in [0, 0.05) is 10.2 Å². The van der Waals surface area contributed by atoms with Crippen molar-refractivity contribution in [3.63, 3.8) is 0 Å². The maximum Gasteiger partial charge on any atom is 0.0763 e. The summed E-state index contributed by atoms with van der Waals surface area (Å²) >= 11 is 0. The molecular formula is C16H36N2Si. The molecule has 114 valence electrons. The summed E-state index contributed by atoms with van der Waals surface area (Å²) < 4.78 is 0. The molecule has 0 saturated carbocycles. The van der Waals surface area contributed by atoms with Gasteiger partial charge in [0.2, 0.25) is 0 Å². The standard InChI is InChI=1S/C16H36N2Si/c1-7-16(17(8-2)9-3,18(10-4)11-5)15(6)13-12-14-19/h12,14-15H,7-11,13H2,1-6,19H3/b14-12-. The van der Waals surface area contributed by atoms with Gasteiger partial charge in [0.25, 0.3) is 0 Å². The van der Waals surface area contributed by atoms with Crippen molar-refractivity contribution in [1.82, 2.24) is 9.80 Å². The summed E-state index contributed by atoms with van der Waals surface area (Å²) in [5.41, 5.74) is 2.54. The molecule has 0 aliphatic rings. The molecule has 0 aromatic carbocycles. The summed E-state index contributed by atoms with van der Waals surface area (Å²) in [6.45, 7) is 18.5. The third-order valence-electron chi connectivity index (χ3n) is 4.66. The minimum atomic E-state index is 0.216. The molecule has 0 heterocycles. The zero-order valence-corrected chi connectivity index (χ0v) is 16.4. The fourth-order valence-electron chi connectivity index (χ4n) is 3.69. The van der Waals surface area contributed by atoms with Crippen LogP contribution >= 0.6 is 0 Å². The quantitative estimate of drug-likeness (QED) is 0.449. The number of allylic oxidation sites excluding steroid dienone is 1. The predicted molar refractivity (Wildman–Crippen MR) is 91.7 cm³/mol. The normalized spacial score (nSPS) is 14.9. The van der Waals surface area contributed by atoms with Crippen molar-refractivity contribution in [2.45, 2.75) is 60.0 Å². The largest absolute Gasteiger partial charge is 0.286 e. The molecule has 2 nitrogen and oxygen atoms in total. The van der Waals surface area contributed by atoms with Crippen molar-refractivity contribution in [2.75, 3.05) is 26.2 Å². The molecule has 0 amide bonds. The van der Waals surface area contributed by atoms with E-state index in [1.165, 1.54) is 23.1 Å². The average molecular weight is 285 g/mol. The summed E-state index contributed by atoms with van der Waals surface area (Å²) in [5, 5.41) is 0. The summed E-state index contributed by atoms with van der Waals surface area (Å²) in [6.07, 6.45) is 4.78. The molecule has 0 aromatic heterocycles. The van der Waals surface area contributed by atoms with Gasteiger partial charge in [0.1, 0.15) is 0 Å². The minimum Gasteiger partial charge on any atom is -0.286 e. The fraction of sp³-hybridized carbons (Fsp3) is 0.875. The first-order valence-corrected chi connectivity index (χ1v) is 9.35. The number of nitrogens with zero attached hydrogens (tertiary/aromatic N) is 2. The van der Waals surface area contributed by atoms with Crippen LogP contribution in [0, 0.1) is 5.92 Å². The van der Waals surface area contributed by atoms with Crippen LogP contribution in [0.3, 0.4) is 0 Å². The van der Waals surface area contributed by atoms with Crippen molar-refractivity contribution >= 4 is 10.2 Å². The molecule has 1 atom stereocenters. The van der Waals surface area contributed by atoms with E-state index in [2.05, 4.69) is 63.1 Å². The number of hydrogen-bond donors (Lipinski definition) is 0. The van der Waals surface area contributed by atoms with Crippen LogP contribution in [0.1, 0.15) is 54.4 Å². The van der Waals surface area contributed by atoms with Gasteiger partial charge in [-0.15, -0.1) is 5.70 Å². The lowest BCUT2D eigenvalue weighted by atomic mass is 9.85. The van der Waals surface area contributed by atoms with E-state index in [0.29, 0.717) is 5.92 Å². The lowest BCUT2D eigenvalue weighted by molar-refractivity contribution is -0.0918. The Hall–Kier alpha value is -0.123. The first-order chi connectivity index (χ1) is 9.08. The molecule has 0 aliphatic heterocycles. The van der Waals surface area contributed by atoms with E-state index in [0.717, 1.165) is 26.2 Å². The van der Waals surface area contributed by atoms with E-state index in [1.807, 2.05) is 0 Å². The Kier molecular flexibility index (Phi) is 9.67. The van der Waals surface area contributed by atoms with Crippen LogP contribution in [-0.2, 0) is 0 Å². The third-order valence-corrected chi connectivity index (χ3v) is 5.13. The Morgan fingerprint density at radius 2 is 1.37 bits per heavy atom. The maximum atomic E-state index is 2.67. The highest BCUT2D eigenvalue weighted by Crippen LogP contribution is 2.34.